The Kier molecular flexibility index (Phi) is 8.59. The second kappa shape index (κ2) is 11.5. The summed E-state index contributed by atoms with van der Waals surface area (Å²) in [7, 11) is -2.84. The van der Waals surface area contributed by atoms with E-state index in [1.54, 1.807) is 0 Å². The maximum atomic E-state index is 14.5. The van der Waals surface area contributed by atoms with Crippen LogP contribution in [-0.2, 0) is 21.3 Å². The van der Waals surface area contributed by atoms with Gasteiger partial charge in [0.05, 0.1) is 17.7 Å². The molecule has 0 aliphatic carbocycles. The van der Waals surface area contributed by atoms with Gasteiger partial charge >= 0.3 is 5.97 Å². The fourth-order valence-electron chi connectivity index (χ4n) is 4.39. The molecule has 2 aromatic rings. The third-order valence-electron chi connectivity index (χ3n) is 6.74. The summed E-state index contributed by atoms with van der Waals surface area (Å²) in [5.41, 5.74) is 0.447. The lowest BCUT2D eigenvalue weighted by molar-refractivity contribution is 0.0600. The zero-order valence-corrected chi connectivity index (χ0v) is 21.4. The third-order valence-corrected chi connectivity index (χ3v) is 8.74. The Morgan fingerprint density at radius 3 is 2.44 bits per heavy atom. The van der Waals surface area contributed by atoms with Crippen molar-refractivity contribution in [3.05, 3.63) is 69.7 Å². The van der Waals surface area contributed by atoms with E-state index in [0.29, 0.717) is 24.7 Å². The van der Waals surface area contributed by atoms with Crippen molar-refractivity contribution < 1.29 is 26.7 Å². The highest BCUT2D eigenvalue weighted by Crippen LogP contribution is 2.28. The van der Waals surface area contributed by atoms with Gasteiger partial charge in [-0.25, -0.2) is 26.7 Å². The molecule has 0 spiro atoms. The van der Waals surface area contributed by atoms with Crippen LogP contribution in [0.3, 0.4) is 0 Å². The number of carbonyl (C=O) groups excluding carboxylic acids is 1. The number of carbonyl (C=O) groups is 1. The van der Waals surface area contributed by atoms with Crippen LogP contribution in [0.4, 0.5) is 8.78 Å². The number of methoxy groups -OCH3 is 1. The first-order valence-electron chi connectivity index (χ1n) is 11.6. The predicted octanol–water partition coefficient (Wildman–Crippen LogP) is 2.15. The summed E-state index contributed by atoms with van der Waals surface area (Å²) >= 11 is 5.97. The maximum Gasteiger partial charge on any atom is 0.337 e. The molecule has 2 saturated heterocycles. The molecule has 0 bridgehead atoms. The van der Waals surface area contributed by atoms with Crippen LogP contribution in [0.5, 0.6) is 0 Å². The lowest BCUT2D eigenvalue weighted by atomic mass is 10.1. The number of halogens is 3. The minimum absolute atomic E-state index is 0.0252. The number of piperazine rings is 1. The van der Waals surface area contributed by atoms with E-state index in [1.165, 1.54) is 31.4 Å². The summed E-state index contributed by atoms with van der Waals surface area (Å²) in [5.74, 6) is -2.06. The Bertz CT molecular complexity index is 1200. The number of hydrogen-bond acceptors (Lipinski definition) is 7. The van der Waals surface area contributed by atoms with Gasteiger partial charge in [0.15, 0.2) is 0 Å². The van der Waals surface area contributed by atoms with E-state index >= 15 is 0 Å². The Morgan fingerprint density at radius 2 is 1.86 bits per heavy atom. The zero-order chi connectivity index (χ0) is 25.9. The van der Waals surface area contributed by atoms with Crippen LogP contribution in [0.2, 0.25) is 5.02 Å². The lowest BCUT2D eigenvalue weighted by Gasteiger charge is -2.43. The molecular formula is C24H29ClF2N4O4S. The van der Waals surface area contributed by atoms with Gasteiger partial charge in [0.1, 0.15) is 16.9 Å². The predicted molar refractivity (Wildman–Crippen MR) is 132 cm³/mol. The molecule has 0 amide bonds. The van der Waals surface area contributed by atoms with Crippen molar-refractivity contribution in [2.45, 2.75) is 17.8 Å². The summed E-state index contributed by atoms with van der Waals surface area (Å²) in [4.78, 5) is 16.1. The van der Waals surface area contributed by atoms with Crippen LogP contribution in [0.15, 0.2) is 36.4 Å². The second-order valence-electron chi connectivity index (χ2n) is 8.97. The van der Waals surface area contributed by atoms with Gasteiger partial charge in [-0.1, -0.05) is 23.7 Å². The molecule has 1 unspecified atom stereocenters. The molecule has 0 aromatic heterocycles. The number of benzene rings is 2. The molecular weight excluding hydrogens is 514 g/mol. The highest BCUT2D eigenvalue weighted by molar-refractivity contribution is 7.89. The maximum absolute atomic E-state index is 14.5. The number of esters is 1. The topological polar surface area (TPSA) is 91.0 Å². The molecule has 2 heterocycles. The fraction of sp³-hybridized carbons (Fsp3) is 0.458. The van der Waals surface area contributed by atoms with Crippen LogP contribution in [0.25, 0.3) is 0 Å². The van der Waals surface area contributed by atoms with Gasteiger partial charge in [-0.3, -0.25) is 9.80 Å². The van der Waals surface area contributed by atoms with Crippen LogP contribution < -0.4 is 10.0 Å². The molecule has 196 valence electrons. The van der Waals surface area contributed by atoms with Crippen molar-refractivity contribution in [1.82, 2.24) is 19.8 Å². The number of nitrogens with zero attached hydrogens (tertiary/aromatic N) is 2. The molecule has 0 radical (unpaired) electrons. The lowest BCUT2D eigenvalue weighted by Crippen LogP contribution is -2.61. The molecule has 4 rings (SSSR count). The first kappa shape index (κ1) is 26.9. The van der Waals surface area contributed by atoms with E-state index in [1.807, 2.05) is 0 Å². The molecule has 2 N–H and O–H groups in total. The molecule has 8 nitrogen and oxygen atoms in total. The Hall–Kier alpha value is -2.15. The minimum atomic E-state index is -4.03. The average Bonchev–Trinajstić information content (AvgIpc) is 2.83. The Labute approximate surface area is 214 Å². The Morgan fingerprint density at radius 1 is 1.14 bits per heavy atom. The monoisotopic (exact) mass is 542 g/mol. The Balaban J connectivity index is 1.50. The minimum Gasteiger partial charge on any atom is -0.465 e. The molecule has 1 atom stereocenters. The van der Waals surface area contributed by atoms with Gasteiger partial charge in [0, 0.05) is 64.0 Å². The summed E-state index contributed by atoms with van der Waals surface area (Å²) in [6, 6.07) is 8.10. The number of nitrogens with one attached hydrogen (secondary N) is 2. The number of rotatable bonds is 9. The van der Waals surface area contributed by atoms with Crippen molar-refractivity contribution in [1.29, 1.82) is 0 Å². The molecule has 2 aliphatic rings. The van der Waals surface area contributed by atoms with Crippen molar-refractivity contribution >= 4 is 27.6 Å². The van der Waals surface area contributed by atoms with E-state index in [2.05, 4.69) is 24.6 Å². The van der Waals surface area contributed by atoms with E-state index in [0.717, 1.165) is 38.3 Å². The van der Waals surface area contributed by atoms with Crippen LogP contribution in [-0.4, -0.2) is 83.2 Å². The summed E-state index contributed by atoms with van der Waals surface area (Å²) in [6.07, 6.45) is 0. The normalized spacial score (nSPS) is 18.6. The van der Waals surface area contributed by atoms with Gasteiger partial charge in [0.2, 0.25) is 10.0 Å². The largest absolute Gasteiger partial charge is 0.465 e. The molecule has 2 aliphatic heterocycles. The van der Waals surface area contributed by atoms with Crippen molar-refractivity contribution in [2.24, 2.45) is 0 Å². The standard InChI is InChI=1S/C24H29ClF2N4O4S/c1-35-24(32)17-2-3-18(22(27)11-17)12-29-36(33,34)23(16-4-5-21(26)20(25)10-16)15-30-6-8-31(9-7-30)19-13-28-14-19/h2-5,10-11,19,23,28-29H,6-9,12-15H2,1H3. The van der Waals surface area contributed by atoms with E-state index in [9.17, 15) is 22.0 Å². The number of sulfonamides is 1. The van der Waals surface area contributed by atoms with Gasteiger partial charge in [0.25, 0.3) is 0 Å². The van der Waals surface area contributed by atoms with E-state index in [-0.39, 0.29) is 29.2 Å². The van der Waals surface area contributed by atoms with Crippen molar-refractivity contribution in [2.75, 3.05) is 52.9 Å². The number of ether oxygens (including phenoxy) is 1. The van der Waals surface area contributed by atoms with E-state index in [4.69, 9.17) is 11.6 Å². The van der Waals surface area contributed by atoms with Crippen molar-refractivity contribution in [3.8, 4) is 0 Å². The SMILES string of the molecule is COC(=O)c1ccc(CNS(=O)(=O)C(CN2CCN(C3CNC3)CC2)c2ccc(F)c(Cl)c2)c(F)c1. The third kappa shape index (κ3) is 6.21. The molecule has 36 heavy (non-hydrogen) atoms. The van der Waals surface area contributed by atoms with Crippen LogP contribution in [0.1, 0.15) is 26.7 Å². The fourth-order valence-corrected chi connectivity index (χ4v) is 6.05. The van der Waals surface area contributed by atoms with Gasteiger partial charge in [-0.2, -0.15) is 0 Å². The molecule has 2 fully saturated rings. The summed E-state index contributed by atoms with van der Waals surface area (Å²) < 4.78 is 62.3. The zero-order valence-electron chi connectivity index (χ0n) is 19.8. The average molecular weight is 543 g/mol. The summed E-state index contributed by atoms with van der Waals surface area (Å²) in [6.45, 7) is 4.84. The van der Waals surface area contributed by atoms with Crippen LogP contribution in [0, 0.1) is 11.6 Å². The van der Waals surface area contributed by atoms with Gasteiger partial charge in [-0.15, -0.1) is 0 Å². The summed E-state index contributed by atoms with van der Waals surface area (Å²) in [5, 5.41) is 2.04. The highest BCUT2D eigenvalue weighted by atomic mass is 35.5. The quantitative estimate of drug-likeness (QED) is 0.469. The van der Waals surface area contributed by atoms with Gasteiger partial charge in [-0.05, 0) is 29.8 Å². The second-order valence-corrected chi connectivity index (χ2v) is 11.3. The van der Waals surface area contributed by atoms with Gasteiger partial charge < -0.3 is 10.1 Å². The van der Waals surface area contributed by atoms with E-state index < -0.39 is 32.9 Å². The van der Waals surface area contributed by atoms with Crippen LogP contribution >= 0.6 is 11.6 Å². The first-order valence-corrected chi connectivity index (χ1v) is 13.6. The highest BCUT2D eigenvalue weighted by Gasteiger charge is 2.33. The smallest absolute Gasteiger partial charge is 0.337 e. The molecule has 2 aromatic carbocycles. The molecule has 12 heteroatoms. The molecule has 0 saturated carbocycles. The van der Waals surface area contributed by atoms with Crippen molar-refractivity contribution in [3.63, 3.8) is 0 Å². The number of hydrogen-bond donors (Lipinski definition) is 2. The first-order chi connectivity index (χ1) is 17.2.